The lowest BCUT2D eigenvalue weighted by Crippen LogP contribution is -2.08. The second-order valence-electron chi connectivity index (χ2n) is 2.30. The van der Waals surface area contributed by atoms with Crippen LogP contribution >= 0.6 is 0 Å². The van der Waals surface area contributed by atoms with Gasteiger partial charge in [0, 0.05) is 0 Å². The van der Waals surface area contributed by atoms with Crippen LogP contribution in [0.25, 0.3) is 0 Å². The van der Waals surface area contributed by atoms with Crippen molar-refractivity contribution in [2.24, 2.45) is 0 Å². The second-order valence-corrected chi connectivity index (χ2v) is 2.83. The van der Waals surface area contributed by atoms with Crippen LogP contribution in [-0.4, -0.2) is 15.3 Å². The molecule has 0 unspecified atom stereocenters. The zero-order valence-electron chi connectivity index (χ0n) is 6.17. The summed E-state index contributed by atoms with van der Waals surface area (Å²) in [7, 11) is 3.39. The summed E-state index contributed by atoms with van der Waals surface area (Å²) in [6.07, 6.45) is 2.45. The first-order valence-electron chi connectivity index (χ1n) is 3.39. The summed E-state index contributed by atoms with van der Waals surface area (Å²) >= 11 is 0. The molecule has 0 bridgehead atoms. The first-order chi connectivity index (χ1) is 5.25. The van der Waals surface area contributed by atoms with Crippen molar-refractivity contribution in [2.75, 3.05) is 0 Å². The molecule has 0 aliphatic heterocycles. The first-order valence-corrected chi connectivity index (χ1v) is 3.89. The Bertz CT molecular complexity index is 248. The zero-order valence-corrected chi connectivity index (χ0v) is 7.17. The lowest BCUT2D eigenvalue weighted by atomic mass is 10.1. The molecule has 0 saturated heterocycles. The molecule has 1 nitrogen and oxygen atoms in total. The summed E-state index contributed by atoms with van der Waals surface area (Å²) in [6, 6.07) is 5.36. The third-order valence-electron chi connectivity index (χ3n) is 1.50. The molecule has 0 spiro atoms. The summed E-state index contributed by atoms with van der Waals surface area (Å²) in [5, 5.41) is 10.3. The number of hydrogen-bond donors (Lipinski definition) is 1. The Hall–Kier alpha value is -1.02. The Balaban J connectivity index is 3.09. The molecular weight excluding hydrogens is 152 g/mol. The smallest absolute Gasteiger partial charge is 0.118 e. The van der Waals surface area contributed by atoms with Crippen LogP contribution in [0.1, 0.15) is 5.56 Å². The average molecular weight is 161 g/mol. The van der Waals surface area contributed by atoms with Gasteiger partial charge >= 0.3 is 0 Å². The molecule has 0 aromatic heterocycles. The summed E-state index contributed by atoms with van der Waals surface area (Å²) in [6.45, 7) is 3.61. The molecule has 1 aromatic rings. The van der Waals surface area contributed by atoms with Crippen LogP contribution in [0.5, 0.6) is 5.75 Å². The number of phenolic OH excluding ortho intramolecular Hbond substituents is 1. The van der Waals surface area contributed by atoms with E-state index >= 15 is 0 Å². The molecule has 0 amide bonds. The normalized spacial score (nSPS) is 9.55. The van der Waals surface area contributed by atoms with Gasteiger partial charge in [0.25, 0.3) is 0 Å². The van der Waals surface area contributed by atoms with Gasteiger partial charge in [-0.15, -0.1) is 6.58 Å². The van der Waals surface area contributed by atoms with Crippen LogP contribution < -0.4 is 5.19 Å². The van der Waals surface area contributed by atoms with Crippen LogP contribution in [0.2, 0.25) is 0 Å². The zero-order chi connectivity index (χ0) is 8.27. The predicted octanol–water partition coefficient (Wildman–Crippen LogP) is 0.914. The molecular formula is C9H9OSi. The van der Waals surface area contributed by atoms with Gasteiger partial charge in [-0.1, -0.05) is 23.4 Å². The topological polar surface area (TPSA) is 20.2 Å². The van der Waals surface area contributed by atoms with Gasteiger partial charge in [-0.3, -0.25) is 0 Å². The van der Waals surface area contributed by atoms with Gasteiger partial charge < -0.3 is 5.11 Å². The highest BCUT2D eigenvalue weighted by Gasteiger charge is 2.00. The van der Waals surface area contributed by atoms with Crippen LogP contribution in [-0.2, 0) is 6.42 Å². The molecule has 1 aromatic carbocycles. The van der Waals surface area contributed by atoms with Crippen molar-refractivity contribution < 1.29 is 5.11 Å². The molecule has 0 atom stereocenters. The van der Waals surface area contributed by atoms with Crippen molar-refractivity contribution in [3.05, 3.63) is 36.4 Å². The van der Waals surface area contributed by atoms with Gasteiger partial charge in [-0.2, -0.15) is 0 Å². The van der Waals surface area contributed by atoms with E-state index in [1.165, 1.54) is 0 Å². The average Bonchev–Trinajstić information content (AvgIpc) is 1.97. The van der Waals surface area contributed by atoms with Crippen LogP contribution in [0.3, 0.4) is 0 Å². The van der Waals surface area contributed by atoms with E-state index in [4.69, 9.17) is 0 Å². The van der Waals surface area contributed by atoms with Gasteiger partial charge in [-0.05, 0) is 18.1 Å². The maximum Gasteiger partial charge on any atom is 0.118 e. The van der Waals surface area contributed by atoms with E-state index in [1.54, 1.807) is 18.2 Å². The molecule has 11 heavy (non-hydrogen) atoms. The number of benzene rings is 1. The fourth-order valence-electron chi connectivity index (χ4n) is 0.934. The van der Waals surface area contributed by atoms with Gasteiger partial charge in [0.05, 0.1) is 10.2 Å². The minimum atomic E-state index is 0.317. The lowest BCUT2D eigenvalue weighted by molar-refractivity contribution is 0.470. The second kappa shape index (κ2) is 3.39. The minimum absolute atomic E-state index is 0.317. The monoisotopic (exact) mass is 161 g/mol. The molecule has 3 radical (unpaired) electrons. The van der Waals surface area contributed by atoms with E-state index in [2.05, 4.69) is 16.8 Å². The molecule has 0 aliphatic rings. The van der Waals surface area contributed by atoms with E-state index in [0.29, 0.717) is 12.2 Å². The maximum absolute atomic E-state index is 9.34. The van der Waals surface area contributed by atoms with E-state index in [1.807, 2.05) is 6.07 Å². The van der Waals surface area contributed by atoms with Crippen molar-refractivity contribution in [1.82, 2.24) is 0 Å². The minimum Gasteiger partial charge on any atom is -0.508 e. The molecule has 0 saturated carbocycles. The number of hydrogen-bond acceptors (Lipinski definition) is 1. The Morgan fingerprint density at radius 1 is 1.55 bits per heavy atom. The lowest BCUT2D eigenvalue weighted by Gasteiger charge is -2.04. The Morgan fingerprint density at radius 2 is 2.27 bits per heavy atom. The van der Waals surface area contributed by atoms with Gasteiger partial charge in [0.2, 0.25) is 0 Å². The van der Waals surface area contributed by atoms with E-state index in [9.17, 15) is 5.11 Å². The van der Waals surface area contributed by atoms with Crippen molar-refractivity contribution in [3.8, 4) is 5.75 Å². The fraction of sp³-hybridized carbons (Fsp3) is 0.111. The molecule has 0 heterocycles. The van der Waals surface area contributed by atoms with E-state index in [0.717, 1.165) is 10.8 Å². The molecule has 0 fully saturated rings. The standard InChI is InChI=1S/C9H9OSi/c1-2-4-7-8(10)5-3-6-9(7)11/h2-3,5-6,10H,1,4H2. The summed E-state index contributed by atoms with van der Waals surface area (Å²) in [5.74, 6) is 0.317. The van der Waals surface area contributed by atoms with Crippen LogP contribution in [0.15, 0.2) is 30.9 Å². The largest absolute Gasteiger partial charge is 0.508 e. The third-order valence-corrected chi connectivity index (χ3v) is 1.97. The summed E-state index contributed by atoms with van der Waals surface area (Å²) in [4.78, 5) is 0. The highest BCUT2D eigenvalue weighted by atomic mass is 28.1. The van der Waals surface area contributed by atoms with Gasteiger partial charge in [0.15, 0.2) is 0 Å². The maximum atomic E-state index is 9.34. The van der Waals surface area contributed by atoms with E-state index < -0.39 is 0 Å². The quantitative estimate of drug-likeness (QED) is 0.505. The SMILES string of the molecule is C=CCc1c(O)cccc1[Si]. The number of phenols is 1. The van der Waals surface area contributed by atoms with Crippen LogP contribution in [0.4, 0.5) is 0 Å². The first kappa shape index (κ1) is 8.08. The molecule has 0 aliphatic carbocycles. The summed E-state index contributed by atoms with van der Waals surface area (Å²) < 4.78 is 0. The number of aromatic hydroxyl groups is 1. The van der Waals surface area contributed by atoms with Crippen molar-refractivity contribution >= 4 is 15.4 Å². The highest BCUT2D eigenvalue weighted by Crippen LogP contribution is 2.13. The fourth-order valence-corrected chi connectivity index (χ4v) is 1.26. The Morgan fingerprint density at radius 3 is 2.82 bits per heavy atom. The van der Waals surface area contributed by atoms with Crippen molar-refractivity contribution in [1.29, 1.82) is 0 Å². The predicted molar refractivity (Wildman–Crippen MR) is 47.4 cm³/mol. The Labute approximate surface area is 69.8 Å². The molecule has 1 N–H and O–H groups in total. The number of allylic oxidation sites excluding steroid dienone is 1. The Kier molecular flexibility index (Phi) is 2.49. The molecule has 1 rings (SSSR count). The third kappa shape index (κ3) is 1.71. The number of rotatable bonds is 2. The van der Waals surface area contributed by atoms with Crippen LogP contribution in [0, 0.1) is 0 Å². The van der Waals surface area contributed by atoms with Gasteiger partial charge in [0.1, 0.15) is 5.75 Å². The van der Waals surface area contributed by atoms with Gasteiger partial charge in [-0.25, -0.2) is 0 Å². The van der Waals surface area contributed by atoms with Crippen molar-refractivity contribution in [2.45, 2.75) is 6.42 Å². The van der Waals surface area contributed by atoms with Crippen molar-refractivity contribution in [3.63, 3.8) is 0 Å². The van der Waals surface area contributed by atoms with E-state index in [-0.39, 0.29) is 0 Å². The summed E-state index contributed by atoms with van der Waals surface area (Å²) in [5.41, 5.74) is 0.888. The molecule has 2 heteroatoms. The highest BCUT2D eigenvalue weighted by molar-refractivity contribution is 6.33. The molecule has 55 valence electrons.